The van der Waals surface area contributed by atoms with Crippen molar-refractivity contribution in [3.63, 3.8) is 0 Å². The average Bonchev–Trinajstić information content (AvgIpc) is 2.90. The Labute approximate surface area is 93.8 Å². The van der Waals surface area contributed by atoms with Gasteiger partial charge in [0.25, 0.3) is 0 Å². The van der Waals surface area contributed by atoms with Crippen molar-refractivity contribution >= 4 is 0 Å². The van der Waals surface area contributed by atoms with Crippen molar-refractivity contribution in [1.29, 1.82) is 0 Å². The highest BCUT2D eigenvalue weighted by Crippen LogP contribution is 2.25. The van der Waals surface area contributed by atoms with Crippen LogP contribution >= 0.6 is 0 Å². The third-order valence-corrected chi connectivity index (χ3v) is 4.12. The molecule has 1 saturated heterocycles. The topological polar surface area (TPSA) is 21.3 Å². The van der Waals surface area contributed by atoms with E-state index in [9.17, 15) is 0 Å². The molecule has 2 heteroatoms. The van der Waals surface area contributed by atoms with Gasteiger partial charge in [0.1, 0.15) is 0 Å². The molecule has 0 amide bonds. The van der Waals surface area contributed by atoms with Crippen LogP contribution in [0, 0.1) is 11.8 Å². The predicted octanol–water partition coefficient (Wildman–Crippen LogP) is 2.58. The highest BCUT2D eigenvalue weighted by Gasteiger charge is 2.25. The summed E-state index contributed by atoms with van der Waals surface area (Å²) in [4.78, 5) is 0. The van der Waals surface area contributed by atoms with Gasteiger partial charge in [0.2, 0.25) is 0 Å². The first-order chi connectivity index (χ1) is 7.40. The van der Waals surface area contributed by atoms with Gasteiger partial charge >= 0.3 is 0 Å². The maximum absolute atomic E-state index is 5.47. The van der Waals surface area contributed by atoms with Crippen molar-refractivity contribution in [3.8, 4) is 0 Å². The molecule has 0 aromatic rings. The summed E-state index contributed by atoms with van der Waals surface area (Å²) in [6, 6.07) is 0.702. The van der Waals surface area contributed by atoms with Crippen molar-refractivity contribution in [3.05, 3.63) is 0 Å². The molecular weight excluding hydrogens is 186 g/mol. The van der Waals surface area contributed by atoms with E-state index in [4.69, 9.17) is 4.74 Å². The minimum absolute atomic E-state index is 0.702. The Bertz CT molecular complexity index is 171. The molecule has 2 fully saturated rings. The van der Waals surface area contributed by atoms with E-state index in [0.29, 0.717) is 6.04 Å². The molecule has 1 heterocycles. The van der Waals surface area contributed by atoms with Gasteiger partial charge in [0, 0.05) is 12.6 Å². The van der Waals surface area contributed by atoms with Crippen LogP contribution in [0.25, 0.3) is 0 Å². The second-order valence-electron chi connectivity index (χ2n) is 5.20. The second kappa shape index (κ2) is 5.86. The average molecular weight is 211 g/mol. The van der Waals surface area contributed by atoms with Gasteiger partial charge < -0.3 is 10.1 Å². The van der Waals surface area contributed by atoms with E-state index in [1.54, 1.807) is 0 Å². The molecule has 15 heavy (non-hydrogen) atoms. The number of hydrogen-bond acceptors (Lipinski definition) is 2. The monoisotopic (exact) mass is 211 g/mol. The molecule has 0 aromatic carbocycles. The second-order valence-corrected chi connectivity index (χ2v) is 5.20. The summed E-state index contributed by atoms with van der Waals surface area (Å²) in [7, 11) is 0. The van der Waals surface area contributed by atoms with Gasteiger partial charge in [0.05, 0.1) is 6.61 Å². The summed E-state index contributed by atoms with van der Waals surface area (Å²) in [6.45, 7) is 5.50. The summed E-state index contributed by atoms with van der Waals surface area (Å²) in [5, 5.41) is 3.77. The van der Waals surface area contributed by atoms with E-state index < -0.39 is 0 Å². The van der Waals surface area contributed by atoms with Crippen LogP contribution in [-0.2, 0) is 4.74 Å². The molecule has 1 aliphatic heterocycles. The highest BCUT2D eigenvalue weighted by atomic mass is 16.5. The van der Waals surface area contributed by atoms with E-state index in [1.807, 2.05) is 0 Å². The van der Waals surface area contributed by atoms with Gasteiger partial charge in [-0.25, -0.2) is 0 Å². The van der Waals surface area contributed by atoms with E-state index in [2.05, 4.69) is 12.2 Å². The van der Waals surface area contributed by atoms with Crippen molar-refractivity contribution in [1.82, 2.24) is 5.32 Å². The molecule has 2 nitrogen and oxygen atoms in total. The van der Waals surface area contributed by atoms with E-state index >= 15 is 0 Å². The van der Waals surface area contributed by atoms with Gasteiger partial charge in [-0.2, -0.15) is 0 Å². The van der Waals surface area contributed by atoms with Crippen molar-refractivity contribution in [2.45, 2.75) is 51.5 Å². The lowest BCUT2D eigenvalue weighted by Crippen LogP contribution is -2.38. The Morgan fingerprint density at radius 2 is 2.07 bits per heavy atom. The fourth-order valence-corrected chi connectivity index (χ4v) is 3.05. The molecule has 0 bridgehead atoms. The quantitative estimate of drug-likeness (QED) is 0.754. The van der Waals surface area contributed by atoms with Crippen molar-refractivity contribution < 1.29 is 4.74 Å². The summed E-state index contributed by atoms with van der Waals surface area (Å²) < 4.78 is 5.47. The minimum Gasteiger partial charge on any atom is -0.381 e. The maximum atomic E-state index is 5.47. The highest BCUT2D eigenvalue weighted by molar-refractivity contribution is 4.80. The number of hydrogen-bond donors (Lipinski definition) is 1. The Morgan fingerprint density at radius 3 is 2.67 bits per heavy atom. The molecule has 2 rings (SSSR count). The molecule has 2 atom stereocenters. The van der Waals surface area contributed by atoms with Crippen molar-refractivity contribution in [2.75, 3.05) is 19.8 Å². The standard InChI is InChI=1S/C13H25NO/c1-2-13(12-7-8-15-10-12)14-9-11-5-3-4-6-11/h11-14H,2-10H2,1H3. The largest absolute Gasteiger partial charge is 0.381 e. The lowest BCUT2D eigenvalue weighted by molar-refractivity contribution is 0.175. The van der Waals surface area contributed by atoms with Crippen LogP contribution in [0.2, 0.25) is 0 Å². The van der Waals surface area contributed by atoms with Crippen LogP contribution in [0.4, 0.5) is 0 Å². The Balaban J connectivity index is 1.69. The smallest absolute Gasteiger partial charge is 0.0509 e. The number of nitrogens with one attached hydrogen (secondary N) is 1. The zero-order valence-corrected chi connectivity index (χ0v) is 10.0. The Hall–Kier alpha value is -0.0800. The molecule has 1 saturated carbocycles. The summed E-state index contributed by atoms with van der Waals surface area (Å²) in [5.41, 5.74) is 0. The van der Waals surface area contributed by atoms with Gasteiger partial charge in [0.15, 0.2) is 0 Å². The fourth-order valence-electron chi connectivity index (χ4n) is 3.05. The lowest BCUT2D eigenvalue weighted by Gasteiger charge is -2.24. The molecule has 0 spiro atoms. The SMILES string of the molecule is CCC(NCC1CCCC1)C1CCOC1. The molecule has 2 aliphatic rings. The lowest BCUT2D eigenvalue weighted by atomic mass is 9.96. The molecule has 0 aromatic heterocycles. The van der Waals surface area contributed by atoms with Gasteiger partial charge in [-0.1, -0.05) is 19.8 Å². The van der Waals surface area contributed by atoms with Gasteiger partial charge in [-0.05, 0) is 44.1 Å². The number of ether oxygens (including phenoxy) is 1. The predicted molar refractivity (Wildman–Crippen MR) is 63.0 cm³/mol. The van der Waals surface area contributed by atoms with Crippen LogP contribution in [-0.4, -0.2) is 25.8 Å². The molecule has 1 N–H and O–H groups in total. The Kier molecular flexibility index (Phi) is 4.45. The molecule has 1 aliphatic carbocycles. The molecule has 88 valence electrons. The molecular formula is C13H25NO. The first kappa shape index (κ1) is 11.4. The first-order valence-corrected chi connectivity index (χ1v) is 6.71. The summed E-state index contributed by atoms with van der Waals surface area (Å²) in [5.74, 6) is 1.73. The van der Waals surface area contributed by atoms with Crippen molar-refractivity contribution in [2.24, 2.45) is 11.8 Å². The van der Waals surface area contributed by atoms with Crippen LogP contribution in [0.15, 0.2) is 0 Å². The Morgan fingerprint density at radius 1 is 1.27 bits per heavy atom. The summed E-state index contributed by atoms with van der Waals surface area (Å²) in [6.07, 6.45) is 8.32. The third-order valence-electron chi connectivity index (χ3n) is 4.12. The fraction of sp³-hybridized carbons (Fsp3) is 1.00. The van der Waals surface area contributed by atoms with E-state index in [1.165, 1.54) is 45.1 Å². The molecule has 0 radical (unpaired) electrons. The van der Waals surface area contributed by atoms with Gasteiger partial charge in [-0.3, -0.25) is 0 Å². The van der Waals surface area contributed by atoms with Crippen LogP contribution in [0.3, 0.4) is 0 Å². The van der Waals surface area contributed by atoms with Crippen LogP contribution in [0.1, 0.15) is 45.4 Å². The minimum atomic E-state index is 0.702. The normalized spacial score (nSPS) is 29.8. The first-order valence-electron chi connectivity index (χ1n) is 6.71. The summed E-state index contributed by atoms with van der Waals surface area (Å²) >= 11 is 0. The van der Waals surface area contributed by atoms with Crippen LogP contribution < -0.4 is 5.32 Å². The molecule has 2 unspecified atom stereocenters. The van der Waals surface area contributed by atoms with Crippen LogP contribution in [0.5, 0.6) is 0 Å². The maximum Gasteiger partial charge on any atom is 0.0509 e. The zero-order chi connectivity index (χ0) is 10.5. The third kappa shape index (κ3) is 3.18. The van der Waals surface area contributed by atoms with E-state index in [0.717, 1.165) is 25.0 Å². The number of rotatable bonds is 5. The van der Waals surface area contributed by atoms with E-state index in [-0.39, 0.29) is 0 Å². The van der Waals surface area contributed by atoms with Gasteiger partial charge in [-0.15, -0.1) is 0 Å². The zero-order valence-electron chi connectivity index (χ0n) is 10.0.